The Morgan fingerprint density at radius 3 is 2.47 bits per heavy atom. The van der Waals surface area contributed by atoms with Crippen LogP contribution in [0.4, 0.5) is 11.5 Å². The highest BCUT2D eigenvalue weighted by atomic mass is 35.5. The summed E-state index contributed by atoms with van der Waals surface area (Å²) < 4.78 is 11.3. The van der Waals surface area contributed by atoms with Gasteiger partial charge < -0.3 is 13.8 Å². The van der Waals surface area contributed by atoms with Crippen molar-refractivity contribution in [1.29, 1.82) is 0 Å². The maximum atomic E-state index is 14.7. The van der Waals surface area contributed by atoms with Gasteiger partial charge in [0.05, 0.1) is 23.2 Å². The van der Waals surface area contributed by atoms with Gasteiger partial charge >= 0.3 is 0 Å². The molecule has 0 aliphatic carbocycles. The number of fused-ring (bicyclic) bond motifs is 5. The Morgan fingerprint density at radius 2 is 1.71 bits per heavy atom. The van der Waals surface area contributed by atoms with Crippen molar-refractivity contribution in [3.63, 3.8) is 0 Å². The Balaban J connectivity index is 1.58. The largest absolute Gasteiger partial charge is 0.450 e. The number of carbonyl (C=O) groups is 2. The quantitative estimate of drug-likeness (QED) is 0.323. The van der Waals surface area contributed by atoms with Crippen molar-refractivity contribution in [3.05, 3.63) is 122 Å². The Labute approximate surface area is 220 Å². The molecule has 9 heteroatoms. The number of aromatic nitrogens is 1. The van der Waals surface area contributed by atoms with Gasteiger partial charge in [0.1, 0.15) is 11.3 Å². The number of carbonyl (C=O) groups excluding carboxylic acids is 2. The molecule has 2 aliphatic rings. The molecule has 0 saturated carbocycles. The van der Waals surface area contributed by atoms with E-state index in [1.807, 2.05) is 36.4 Å². The molecule has 5 aromatic rings. The van der Waals surface area contributed by atoms with E-state index in [9.17, 15) is 14.4 Å². The van der Waals surface area contributed by atoms with E-state index in [4.69, 9.17) is 20.5 Å². The Kier molecular flexibility index (Phi) is 4.68. The summed E-state index contributed by atoms with van der Waals surface area (Å²) in [4.78, 5) is 45.8. The maximum absolute atomic E-state index is 14.7. The third-order valence-corrected chi connectivity index (χ3v) is 7.35. The highest BCUT2D eigenvalue weighted by Crippen LogP contribution is 2.54. The summed E-state index contributed by atoms with van der Waals surface area (Å²) in [5, 5.41) is 4.58. The summed E-state index contributed by atoms with van der Waals surface area (Å²) in [5.41, 5.74) is -0.285. The topological polar surface area (TPSA) is 96.9 Å². The lowest BCUT2D eigenvalue weighted by Gasteiger charge is -2.32. The number of nitrogens with zero attached hydrogens (tertiary/aromatic N) is 3. The van der Waals surface area contributed by atoms with Crippen LogP contribution in [0.15, 0.2) is 92.6 Å². The Bertz CT molecular complexity index is 1860. The second kappa shape index (κ2) is 7.90. The van der Waals surface area contributed by atoms with Crippen molar-refractivity contribution in [2.75, 3.05) is 9.80 Å². The highest BCUT2D eigenvalue weighted by Gasteiger charge is 2.66. The molecule has 0 bridgehead atoms. The molecule has 0 N–H and O–H groups in total. The lowest BCUT2D eigenvalue weighted by molar-refractivity contribution is -0.121. The van der Waals surface area contributed by atoms with Gasteiger partial charge in [-0.1, -0.05) is 65.3 Å². The fourth-order valence-corrected chi connectivity index (χ4v) is 5.73. The monoisotopic (exact) mass is 523 g/mol. The van der Waals surface area contributed by atoms with E-state index in [1.165, 1.54) is 17.0 Å². The number of rotatable bonds is 3. The second-order valence-corrected chi connectivity index (χ2v) is 9.75. The van der Waals surface area contributed by atoms with Crippen LogP contribution in [0.25, 0.3) is 11.0 Å². The lowest BCUT2D eigenvalue weighted by Crippen LogP contribution is -2.53. The molecular formula is C29H18ClN3O5. The summed E-state index contributed by atoms with van der Waals surface area (Å²) in [6.07, 6.45) is 0. The Morgan fingerprint density at radius 1 is 0.947 bits per heavy atom. The number of benzene rings is 3. The molecule has 186 valence electrons. The summed E-state index contributed by atoms with van der Waals surface area (Å²) in [7, 11) is 0. The zero-order chi connectivity index (χ0) is 26.2. The maximum Gasteiger partial charge on any atom is 0.297 e. The molecule has 0 fully saturated rings. The van der Waals surface area contributed by atoms with Gasteiger partial charge in [-0.3, -0.25) is 19.3 Å². The summed E-state index contributed by atoms with van der Waals surface area (Å²) in [6, 6.07) is 22.8. The average Bonchev–Trinajstić information content (AvgIpc) is 3.53. The summed E-state index contributed by atoms with van der Waals surface area (Å²) >= 11 is 6.22. The van der Waals surface area contributed by atoms with E-state index >= 15 is 0 Å². The SMILES string of the molecule is Cc1cc(N2C(=O)c3oc4ccc(Cl)cc4c(=O)c3C23C(=O)N(Cc2ccccc2)c2ccccc23)no1. The molecule has 2 amide bonds. The molecule has 7 rings (SSSR count). The van der Waals surface area contributed by atoms with Gasteiger partial charge in [-0.15, -0.1) is 0 Å². The minimum absolute atomic E-state index is 0.0640. The highest BCUT2D eigenvalue weighted by molar-refractivity contribution is 6.31. The number of aryl methyl sites for hydroxylation is 1. The van der Waals surface area contributed by atoms with Crippen molar-refractivity contribution in [2.24, 2.45) is 0 Å². The van der Waals surface area contributed by atoms with Crippen molar-refractivity contribution >= 4 is 45.9 Å². The van der Waals surface area contributed by atoms with E-state index < -0.39 is 22.8 Å². The first-order chi connectivity index (χ1) is 18.4. The van der Waals surface area contributed by atoms with Crippen LogP contribution in [-0.2, 0) is 16.9 Å². The van der Waals surface area contributed by atoms with Crippen LogP contribution in [0.5, 0.6) is 0 Å². The smallest absolute Gasteiger partial charge is 0.297 e. The van der Waals surface area contributed by atoms with Crippen molar-refractivity contribution in [1.82, 2.24) is 5.16 Å². The van der Waals surface area contributed by atoms with Gasteiger partial charge in [0, 0.05) is 16.7 Å². The molecular weight excluding hydrogens is 506 g/mol. The Hall–Kier alpha value is -4.69. The van der Waals surface area contributed by atoms with Crippen LogP contribution < -0.4 is 15.2 Å². The normalized spacial score (nSPS) is 18.1. The number of halogens is 1. The molecule has 38 heavy (non-hydrogen) atoms. The molecule has 2 aromatic heterocycles. The molecule has 3 aromatic carbocycles. The summed E-state index contributed by atoms with van der Waals surface area (Å²) in [6.45, 7) is 1.92. The van der Waals surface area contributed by atoms with E-state index in [2.05, 4.69) is 5.16 Å². The molecule has 8 nitrogen and oxygen atoms in total. The van der Waals surface area contributed by atoms with Gasteiger partial charge in [-0.2, -0.15) is 0 Å². The molecule has 1 unspecified atom stereocenters. The molecule has 1 spiro atoms. The fourth-order valence-electron chi connectivity index (χ4n) is 5.56. The van der Waals surface area contributed by atoms with Gasteiger partial charge in [0.2, 0.25) is 5.76 Å². The van der Waals surface area contributed by atoms with Gasteiger partial charge in [0.15, 0.2) is 16.8 Å². The predicted octanol–water partition coefficient (Wildman–Crippen LogP) is 5.19. The van der Waals surface area contributed by atoms with E-state index in [0.29, 0.717) is 22.0 Å². The zero-order valence-corrected chi connectivity index (χ0v) is 20.7. The minimum Gasteiger partial charge on any atom is -0.450 e. The third kappa shape index (κ3) is 2.86. The zero-order valence-electron chi connectivity index (χ0n) is 20.0. The molecule has 4 heterocycles. The lowest BCUT2D eigenvalue weighted by atomic mass is 9.84. The minimum atomic E-state index is -1.85. The van der Waals surface area contributed by atoms with Crippen LogP contribution in [0.2, 0.25) is 5.02 Å². The summed E-state index contributed by atoms with van der Waals surface area (Å²) in [5.74, 6) is -0.800. The third-order valence-electron chi connectivity index (χ3n) is 7.11. The van der Waals surface area contributed by atoms with E-state index in [-0.39, 0.29) is 34.7 Å². The van der Waals surface area contributed by atoms with Crippen LogP contribution in [0.1, 0.15) is 33.0 Å². The number of hydrogen-bond acceptors (Lipinski definition) is 6. The first-order valence-corrected chi connectivity index (χ1v) is 12.3. The number of amides is 2. The first kappa shape index (κ1) is 22.5. The van der Waals surface area contributed by atoms with Crippen molar-refractivity contribution in [3.8, 4) is 0 Å². The van der Waals surface area contributed by atoms with Crippen LogP contribution in [0.3, 0.4) is 0 Å². The van der Waals surface area contributed by atoms with Gasteiger partial charge in [-0.05, 0) is 36.8 Å². The average molecular weight is 524 g/mol. The van der Waals surface area contributed by atoms with E-state index in [0.717, 1.165) is 5.56 Å². The van der Waals surface area contributed by atoms with Crippen molar-refractivity contribution < 1.29 is 18.5 Å². The molecule has 0 radical (unpaired) electrons. The second-order valence-electron chi connectivity index (χ2n) is 9.32. The van der Waals surface area contributed by atoms with Gasteiger partial charge in [0.25, 0.3) is 11.8 Å². The molecule has 2 aliphatic heterocycles. The molecule has 1 atom stereocenters. The van der Waals surface area contributed by atoms with E-state index in [1.54, 1.807) is 42.2 Å². The van der Waals surface area contributed by atoms with Crippen molar-refractivity contribution in [2.45, 2.75) is 19.0 Å². The van der Waals surface area contributed by atoms with Crippen LogP contribution in [-0.4, -0.2) is 17.0 Å². The number of anilines is 2. The molecule has 0 saturated heterocycles. The standard InChI is InChI=1S/C29H18ClN3O5/c1-16-13-23(31-38-16)33-27(35)26-24(25(34)19-14-18(30)11-12-22(19)37-26)29(33)20-9-5-6-10-21(20)32(28(29)36)15-17-7-3-2-4-8-17/h2-14H,15H2,1H3. The fraction of sp³-hybridized carbons (Fsp3) is 0.103. The predicted molar refractivity (Wildman–Crippen MR) is 140 cm³/mol. The number of para-hydroxylation sites is 1. The van der Waals surface area contributed by atoms with Gasteiger partial charge in [-0.25, -0.2) is 0 Å². The van der Waals surface area contributed by atoms with Crippen LogP contribution >= 0.6 is 11.6 Å². The first-order valence-electron chi connectivity index (χ1n) is 11.9. The van der Waals surface area contributed by atoms with Crippen LogP contribution in [0, 0.1) is 6.92 Å². The number of hydrogen-bond donors (Lipinski definition) is 0.